The number of H-pyrrole nitrogens is 1. The van der Waals surface area contributed by atoms with Crippen LogP contribution in [0.4, 0.5) is 0 Å². The van der Waals surface area contributed by atoms with E-state index in [0.717, 1.165) is 24.1 Å². The van der Waals surface area contributed by atoms with E-state index in [1.807, 2.05) is 32.0 Å². The number of carbonyl (C=O) groups is 1. The van der Waals surface area contributed by atoms with E-state index in [1.54, 1.807) is 12.1 Å². The van der Waals surface area contributed by atoms with Gasteiger partial charge in [0.25, 0.3) is 5.56 Å². The van der Waals surface area contributed by atoms with E-state index in [1.165, 1.54) is 0 Å². The predicted octanol–water partition coefficient (Wildman–Crippen LogP) is 4.65. The van der Waals surface area contributed by atoms with Crippen LogP contribution in [0, 0.1) is 0 Å². The standard InChI is InChI=1S/C20H24Cl2N2O3/c1-12(2)27-18-10-7-13(11-16(18)22)14(5-3-4-6-19(23)25)17-9-8-15(21)20(26)24-17/h7-12,14H,3-6H2,1-2H3,(H2,23,25)(H,24,26). The van der Waals surface area contributed by atoms with Gasteiger partial charge in [0.15, 0.2) is 0 Å². The fraction of sp³-hybridized carbons (Fsp3) is 0.400. The van der Waals surface area contributed by atoms with Crippen LogP contribution in [0.15, 0.2) is 35.1 Å². The highest BCUT2D eigenvalue weighted by molar-refractivity contribution is 6.32. The second kappa shape index (κ2) is 9.81. The molecule has 0 bridgehead atoms. The number of rotatable bonds is 9. The molecule has 1 aromatic heterocycles. The van der Waals surface area contributed by atoms with Crippen LogP contribution in [0.3, 0.4) is 0 Å². The lowest BCUT2D eigenvalue weighted by Crippen LogP contribution is -2.14. The largest absolute Gasteiger partial charge is 0.489 e. The third kappa shape index (κ3) is 6.29. The van der Waals surface area contributed by atoms with Crippen molar-refractivity contribution < 1.29 is 9.53 Å². The number of benzene rings is 1. The number of ether oxygens (including phenoxy) is 1. The van der Waals surface area contributed by atoms with Gasteiger partial charge < -0.3 is 15.5 Å². The van der Waals surface area contributed by atoms with Gasteiger partial charge in [0.05, 0.1) is 11.1 Å². The van der Waals surface area contributed by atoms with Gasteiger partial charge in [-0.05, 0) is 56.5 Å². The Labute approximate surface area is 168 Å². The summed E-state index contributed by atoms with van der Waals surface area (Å²) in [5.74, 6) is 0.214. The summed E-state index contributed by atoms with van der Waals surface area (Å²) >= 11 is 12.2. The molecule has 146 valence electrons. The Hall–Kier alpha value is -1.98. The molecule has 0 fully saturated rings. The van der Waals surface area contributed by atoms with Gasteiger partial charge in [0.1, 0.15) is 10.8 Å². The molecule has 27 heavy (non-hydrogen) atoms. The number of aromatic nitrogens is 1. The van der Waals surface area contributed by atoms with Crippen LogP contribution in [0.2, 0.25) is 10.0 Å². The lowest BCUT2D eigenvalue weighted by Gasteiger charge is -2.19. The van der Waals surface area contributed by atoms with Crippen molar-refractivity contribution in [1.82, 2.24) is 4.98 Å². The molecule has 1 heterocycles. The molecule has 0 aliphatic heterocycles. The van der Waals surface area contributed by atoms with Crippen LogP contribution < -0.4 is 16.0 Å². The Kier molecular flexibility index (Phi) is 7.75. The van der Waals surface area contributed by atoms with E-state index in [9.17, 15) is 9.59 Å². The van der Waals surface area contributed by atoms with Crippen LogP contribution in [0.1, 0.15) is 56.7 Å². The number of nitrogens with one attached hydrogen (secondary N) is 1. The first-order chi connectivity index (χ1) is 12.8. The second-order valence-corrected chi connectivity index (χ2v) is 7.53. The van der Waals surface area contributed by atoms with E-state index in [2.05, 4.69) is 4.98 Å². The smallest absolute Gasteiger partial charge is 0.266 e. The summed E-state index contributed by atoms with van der Waals surface area (Å²) in [7, 11) is 0. The zero-order valence-electron chi connectivity index (χ0n) is 15.4. The minimum Gasteiger partial charge on any atom is -0.489 e. The molecule has 0 saturated heterocycles. The summed E-state index contributed by atoms with van der Waals surface area (Å²) in [4.78, 5) is 25.7. The minimum absolute atomic E-state index is 0.0190. The van der Waals surface area contributed by atoms with Gasteiger partial charge in [0.2, 0.25) is 5.91 Å². The van der Waals surface area contributed by atoms with Crippen molar-refractivity contribution in [3.63, 3.8) is 0 Å². The molecule has 1 amide bonds. The van der Waals surface area contributed by atoms with Crippen LogP contribution in [-0.2, 0) is 4.79 Å². The highest BCUT2D eigenvalue weighted by atomic mass is 35.5. The molecule has 0 saturated carbocycles. The molecule has 2 rings (SSSR count). The monoisotopic (exact) mass is 410 g/mol. The van der Waals surface area contributed by atoms with Crippen molar-refractivity contribution >= 4 is 29.1 Å². The number of pyridine rings is 1. The van der Waals surface area contributed by atoms with Crippen LogP contribution in [0.5, 0.6) is 5.75 Å². The molecule has 1 aromatic carbocycles. The summed E-state index contributed by atoms with van der Waals surface area (Å²) < 4.78 is 5.69. The lowest BCUT2D eigenvalue weighted by molar-refractivity contribution is -0.118. The highest BCUT2D eigenvalue weighted by Gasteiger charge is 2.18. The normalized spacial score (nSPS) is 12.2. The maximum atomic E-state index is 11.9. The van der Waals surface area contributed by atoms with Gasteiger partial charge in [0, 0.05) is 18.0 Å². The molecule has 0 aliphatic rings. The maximum absolute atomic E-state index is 11.9. The molecule has 0 radical (unpaired) electrons. The highest BCUT2D eigenvalue weighted by Crippen LogP contribution is 2.34. The number of primary amides is 1. The van der Waals surface area contributed by atoms with E-state index in [4.69, 9.17) is 33.7 Å². The van der Waals surface area contributed by atoms with E-state index < -0.39 is 0 Å². The molecule has 5 nitrogen and oxygen atoms in total. The molecule has 2 aromatic rings. The van der Waals surface area contributed by atoms with Crippen molar-refractivity contribution in [2.45, 2.75) is 51.6 Å². The number of amides is 1. The fourth-order valence-corrected chi connectivity index (χ4v) is 3.25. The third-order valence-corrected chi connectivity index (χ3v) is 4.74. The Morgan fingerprint density at radius 2 is 1.89 bits per heavy atom. The second-order valence-electron chi connectivity index (χ2n) is 6.71. The maximum Gasteiger partial charge on any atom is 0.266 e. The first-order valence-corrected chi connectivity index (χ1v) is 9.66. The Bertz CT molecular complexity index is 849. The minimum atomic E-state index is -0.331. The summed E-state index contributed by atoms with van der Waals surface area (Å²) in [5, 5.41) is 0.657. The number of aromatic amines is 1. The number of hydrogen-bond acceptors (Lipinski definition) is 3. The molecule has 7 heteroatoms. The molecule has 1 atom stereocenters. The number of hydrogen-bond donors (Lipinski definition) is 2. The molecule has 0 spiro atoms. The van der Waals surface area contributed by atoms with Gasteiger partial charge in [-0.3, -0.25) is 9.59 Å². The summed E-state index contributed by atoms with van der Waals surface area (Å²) in [6.45, 7) is 3.87. The molecular formula is C20H24Cl2N2O3. The zero-order valence-corrected chi connectivity index (χ0v) is 16.9. The summed E-state index contributed by atoms with van der Waals surface area (Å²) in [5.41, 5.74) is 6.58. The SMILES string of the molecule is CC(C)Oc1ccc(C(CCCCC(N)=O)c2ccc(Cl)c(=O)[nH]2)cc1Cl. The topological polar surface area (TPSA) is 85.2 Å². The first-order valence-electron chi connectivity index (χ1n) is 8.91. The van der Waals surface area contributed by atoms with E-state index in [-0.39, 0.29) is 28.5 Å². The van der Waals surface area contributed by atoms with Crippen molar-refractivity contribution in [3.8, 4) is 5.75 Å². The summed E-state index contributed by atoms with van der Waals surface area (Å²) in [6.07, 6.45) is 2.55. The number of carbonyl (C=O) groups excluding carboxylic acids is 1. The average molecular weight is 411 g/mol. The van der Waals surface area contributed by atoms with Gasteiger partial charge in [-0.25, -0.2) is 0 Å². The van der Waals surface area contributed by atoms with Gasteiger partial charge >= 0.3 is 0 Å². The van der Waals surface area contributed by atoms with E-state index >= 15 is 0 Å². The quantitative estimate of drug-likeness (QED) is 0.589. The molecule has 3 N–H and O–H groups in total. The van der Waals surface area contributed by atoms with Gasteiger partial charge in [-0.15, -0.1) is 0 Å². The Morgan fingerprint density at radius 1 is 1.15 bits per heavy atom. The van der Waals surface area contributed by atoms with Crippen molar-refractivity contribution in [3.05, 3.63) is 62.0 Å². The predicted molar refractivity (Wildman–Crippen MR) is 109 cm³/mol. The Morgan fingerprint density at radius 3 is 2.48 bits per heavy atom. The van der Waals surface area contributed by atoms with Crippen LogP contribution >= 0.6 is 23.2 Å². The van der Waals surface area contributed by atoms with Crippen molar-refractivity contribution in [2.24, 2.45) is 5.73 Å². The molecule has 0 aliphatic carbocycles. The van der Waals surface area contributed by atoms with Crippen molar-refractivity contribution in [2.75, 3.05) is 0 Å². The number of halogens is 2. The van der Waals surface area contributed by atoms with Crippen LogP contribution in [0.25, 0.3) is 0 Å². The fourth-order valence-electron chi connectivity index (χ4n) is 2.91. The van der Waals surface area contributed by atoms with Crippen molar-refractivity contribution in [1.29, 1.82) is 0 Å². The molecular weight excluding hydrogens is 387 g/mol. The molecule has 1 unspecified atom stereocenters. The summed E-state index contributed by atoms with van der Waals surface area (Å²) in [6, 6.07) is 9.02. The van der Waals surface area contributed by atoms with E-state index in [0.29, 0.717) is 23.6 Å². The lowest BCUT2D eigenvalue weighted by atomic mass is 9.89. The van der Waals surface area contributed by atoms with Gasteiger partial charge in [-0.1, -0.05) is 35.7 Å². The van der Waals surface area contributed by atoms with Gasteiger partial charge in [-0.2, -0.15) is 0 Å². The number of nitrogens with two attached hydrogens (primary N) is 1. The zero-order chi connectivity index (χ0) is 20.0. The Balaban J connectivity index is 2.30. The number of unbranched alkanes of at least 4 members (excludes halogenated alkanes) is 1. The van der Waals surface area contributed by atoms with Crippen LogP contribution in [-0.4, -0.2) is 17.0 Å². The third-order valence-electron chi connectivity index (χ3n) is 4.15. The average Bonchev–Trinajstić information content (AvgIpc) is 2.59. The first kappa shape index (κ1) is 21.3.